The molecule has 1 fully saturated rings. The van der Waals surface area contributed by atoms with E-state index in [-0.39, 0.29) is 12.0 Å². The number of benzene rings is 1. The Morgan fingerprint density at radius 3 is 2.83 bits per heavy atom. The molecule has 0 aliphatic carbocycles. The highest BCUT2D eigenvalue weighted by Gasteiger charge is 2.30. The zero-order valence-corrected chi connectivity index (χ0v) is 14.5. The van der Waals surface area contributed by atoms with Crippen molar-refractivity contribution >= 4 is 11.4 Å². The fourth-order valence-electron chi connectivity index (χ4n) is 3.72. The molecule has 4 nitrogen and oxygen atoms in total. The van der Waals surface area contributed by atoms with Crippen molar-refractivity contribution in [3.63, 3.8) is 0 Å². The van der Waals surface area contributed by atoms with Crippen molar-refractivity contribution in [2.24, 2.45) is 10.9 Å². The van der Waals surface area contributed by atoms with Crippen molar-refractivity contribution in [1.82, 2.24) is 4.90 Å². The molecule has 1 aromatic carbocycles. The largest absolute Gasteiger partial charge is 0.497 e. The molecule has 0 aromatic heterocycles. The van der Waals surface area contributed by atoms with Crippen LogP contribution in [0, 0.1) is 5.92 Å². The standard InChI is InChI=1S/C19H26N2O2/c1-12-14(3)21(10-8-19(12)22)9-7-16-13(2)20-18-6-5-15(23-4)11-17(16)18/h5-6,11-14H,7-10H2,1-4H3/t12-,13-,14+/m1/s1. The van der Waals surface area contributed by atoms with Crippen molar-refractivity contribution in [2.45, 2.75) is 45.7 Å². The Morgan fingerprint density at radius 2 is 2.09 bits per heavy atom. The summed E-state index contributed by atoms with van der Waals surface area (Å²) in [5.74, 6) is 1.43. The minimum Gasteiger partial charge on any atom is -0.497 e. The van der Waals surface area contributed by atoms with Gasteiger partial charge in [0.05, 0.1) is 18.5 Å². The highest BCUT2D eigenvalue weighted by Crippen LogP contribution is 2.22. The van der Waals surface area contributed by atoms with Crippen LogP contribution in [-0.2, 0) is 4.79 Å². The molecule has 2 aliphatic heterocycles. The van der Waals surface area contributed by atoms with Crippen LogP contribution in [0.3, 0.4) is 0 Å². The van der Waals surface area contributed by atoms with E-state index in [0.29, 0.717) is 18.2 Å². The molecule has 0 amide bonds. The molecule has 0 bridgehead atoms. The smallest absolute Gasteiger partial charge is 0.138 e. The van der Waals surface area contributed by atoms with E-state index in [1.807, 2.05) is 12.1 Å². The third kappa shape index (κ3) is 3.05. The normalized spacial score (nSPS) is 27.7. The molecule has 1 saturated heterocycles. The number of methoxy groups -OCH3 is 1. The van der Waals surface area contributed by atoms with Crippen molar-refractivity contribution in [1.29, 1.82) is 0 Å². The molecular formula is C19H26N2O2. The summed E-state index contributed by atoms with van der Waals surface area (Å²) in [4.78, 5) is 19.0. The van der Waals surface area contributed by atoms with Crippen LogP contribution in [0.1, 0.15) is 33.6 Å². The lowest BCUT2D eigenvalue weighted by molar-refractivity contribution is -0.127. The monoisotopic (exact) mass is 314 g/mol. The molecule has 0 N–H and O–H groups in total. The van der Waals surface area contributed by atoms with Crippen LogP contribution < -0.4 is 15.3 Å². The average Bonchev–Trinajstić information content (AvgIpc) is 2.86. The number of Topliss-reactive ketones (excluding diaryl/α,β-unsaturated/α-hetero) is 1. The Morgan fingerprint density at radius 1 is 1.30 bits per heavy atom. The van der Waals surface area contributed by atoms with Crippen molar-refractivity contribution < 1.29 is 9.53 Å². The molecule has 3 rings (SSSR count). The summed E-state index contributed by atoms with van der Waals surface area (Å²) in [5.41, 5.74) is 1.38. The van der Waals surface area contributed by atoms with E-state index in [4.69, 9.17) is 9.73 Å². The first kappa shape index (κ1) is 16.2. The predicted molar refractivity (Wildman–Crippen MR) is 91.1 cm³/mol. The lowest BCUT2D eigenvalue weighted by Gasteiger charge is -2.37. The molecule has 1 aromatic rings. The number of likely N-dealkylation sites (tertiary alicyclic amines) is 1. The number of ketones is 1. The Balaban J connectivity index is 1.79. The van der Waals surface area contributed by atoms with E-state index in [9.17, 15) is 4.79 Å². The van der Waals surface area contributed by atoms with Crippen LogP contribution in [0.15, 0.2) is 23.2 Å². The summed E-state index contributed by atoms with van der Waals surface area (Å²) in [5, 5.41) is 2.30. The second-order valence-corrected chi connectivity index (χ2v) is 6.74. The lowest BCUT2D eigenvalue weighted by atomic mass is 9.90. The van der Waals surface area contributed by atoms with E-state index in [0.717, 1.165) is 30.6 Å². The lowest BCUT2D eigenvalue weighted by Crippen LogP contribution is -2.47. The number of carbonyl (C=O) groups is 1. The van der Waals surface area contributed by atoms with Crippen LogP contribution in [0.2, 0.25) is 0 Å². The van der Waals surface area contributed by atoms with E-state index in [1.165, 1.54) is 10.8 Å². The summed E-state index contributed by atoms with van der Waals surface area (Å²) in [6.07, 6.45) is 1.68. The van der Waals surface area contributed by atoms with Gasteiger partial charge in [0, 0.05) is 36.7 Å². The van der Waals surface area contributed by atoms with Crippen LogP contribution in [0.5, 0.6) is 5.75 Å². The van der Waals surface area contributed by atoms with Gasteiger partial charge in [0.1, 0.15) is 11.5 Å². The zero-order valence-electron chi connectivity index (χ0n) is 14.5. The number of nitrogens with zero attached hydrogens (tertiary/aromatic N) is 2. The van der Waals surface area contributed by atoms with Crippen LogP contribution >= 0.6 is 0 Å². The van der Waals surface area contributed by atoms with Gasteiger partial charge in [-0.2, -0.15) is 0 Å². The number of hydrogen-bond donors (Lipinski definition) is 0. The Labute approximate surface area is 137 Å². The Hall–Kier alpha value is -1.68. The zero-order chi connectivity index (χ0) is 16.6. The molecule has 3 atom stereocenters. The van der Waals surface area contributed by atoms with Gasteiger partial charge in [-0.3, -0.25) is 14.7 Å². The highest BCUT2D eigenvalue weighted by molar-refractivity contribution is 5.82. The second-order valence-electron chi connectivity index (χ2n) is 6.74. The first-order valence-electron chi connectivity index (χ1n) is 8.53. The van der Waals surface area contributed by atoms with E-state index in [2.05, 4.69) is 31.7 Å². The van der Waals surface area contributed by atoms with E-state index >= 15 is 0 Å². The summed E-state index contributed by atoms with van der Waals surface area (Å²) in [7, 11) is 1.70. The first-order chi connectivity index (χ1) is 11.0. The molecule has 0 saturated carbocycles. The molecular weight excluding hydrogens is 288 g/mol. The third-order valence-corrected chi connectivity index (χ3v) is 5.51. The van der Waals surface area contributed by atoms with Gasteiger partial charge in [-0.05, 0) is 44.0 Å². The summed E-state index contributed by atoms with van der Waals surface area (Å²) < 4.78 is 5.36. The molecule has 4 heteroatoms. The molecule has 124 valence electrons. The predicted octanol–water partition coefficient (Wildman–Crippen LogP) is 1.56. The maximum absolute atomic E-state index is 11.8. The van der Waals surface area contributed by atoms with Gasteiger partial charge in [0.25, 0.3) is 0 Å². The van der Waals surface area contributed by atoms with Gasteiger partial charge in [-0.1, -0.05) is 6.92 Å². The van der Waals surface area contributed by atoms with Gasteiger partial charge in [-0.25, -0.2) is 0 Å². The SMILES string of the molecule is COc1ccc2c(c1)=C(CCN1CCC(=O)[C@H](C)[C@@H]1C)[C@@H](C)N=2. The minimum absolute atomic E-state index is 0.145. The number of rotatable bonds is 4. The third-order valence-electron chi connectivity index (χ3n) is 5.51. The van der Waals surface area contributed by atoms with Crippen molar-refractivity contribution in [3.05, 3.63) is 28.8 Å². The Kier molecular flexibility index (Phi) is 4.53. The van der Waals surface area contributed by atoms with Gasteiger partial charge >= 0.3 is 0 Å². The molecule has 0 unspecified atom stereocenters. The number of fused-ring (bicyclic) bond motifs is 1. The van der Waals surface area contributed by atoms with Gasteiger partial charge in [-0.15, -0.1) is 0 Å². The quantitative estimate of drug-likeness (QED) is 0.847. The van der Waals surface area contributed by atoms with Gasteiger partial charge in [0.15, 0.2) is 0 Å². The maximum atomic E-state index is 11.8. The minimum atomic E-state index is 0.145. The van der Waals surface area contributed by atoms with E-state index < -0.39 is 0 Å². The fraction of sp³-hybridized carbons (Fsp3) is 0.579. The van der Waals surface area contributed by atoms with Crippen LogP contribution in [-0.4, -0.2) is 43.0 Å². The molecule has 23 heavy (non-hydrogen) atoms. The summed E-state index contributed by atoms with van der Waals surface area (Å²) in [6.45, 7) is 8.26. The van der Waals surface area contributed by atoms with Crippen LogP contribution in [0.4, 0.5) is 0 Å². The molecule has 0 radical (unpaired) electrons. The Bertz CT molecular complexity index is 725. The van der Waals surface area contributed by atoms with Gasteiger partial charge < -0.3 is 4.74 Å². The maximum Gasteiger partial charge on any atom is 0.138 e. The molecule has 2 heterocycles. The van der Waals surface area contributed by atoms with Gasteiger partial charge in [0.2, 0.25) is 0 Å². The summed E-state index contributed by atoms with van der Waals surface area (Å²) in [6, 6.07) is 6.68. The van der Waals surface area contributed by atoms with Crippen molar-refractivity contribution in [3.8, 4) is 5.75 Å². The molecule has 0 spiro atoms. The highest BCUT2D eigenvalue weighted by atomic mass is 16.5. The van der Waals surface area contributed by atoms with E-state index in [1.54, 1.807) is 7.11 Å². The topological polar surface area (TPSA) is 41.9 Å². The summed E-state index contributed by atoms with van der Waals surface area (Å²) >= 11 is 0. The van der Waals surface area contributed by atoms with Crippen LogP contribution in [0.25, 0.3) is 5.57 Å². The first-order valence-corrected chi connectivity index (χ1v) is 8.53. The average molecular weight is 314 g/mol. The number of hydrogen-bond acceptors (Lipinski definition) is 4. The van der Waals surface area contributed by atoms with Crippen molar-refractivity contribution in [2.75, 3.05) is 20.2 Å². The number of ether oxygens (including phenoxy) is 1. The molecule has 2 aliphatic rings. The second kappa shape index (κ2) is 6.44. The number of piperidine rings is 1. The fourth-order valence-corrected chi connectivity index (χ4v) is 3.72. The number of carbonyl (C=O) groups excluding carboxylic acids is 1.